The van der Waals surface area contributed by atoms with Crippen LogP contribution in [0.1, 0.15) is 25.0 Å². The summed E-state index contributed by atoms with van der Waals surface area (Å²) in [6.45, 7) is 3.52. The van der Waals surface area contributed by atoms with Gasteiger partial charge in [0.15, 0.2) is 18.1 Å². The fourth-order valence-electron chi connectivity index (χ4n) is 2.86. The average Bonchev–Trinajstić information content (AvgIpc) is 2.88. The molecule has 4 nitrogen and oxygen atoms in total. The zero-order chi connectivity index (χ0) is 19.8. The van der Waals surface area contributed by atoms with Crippen LogP contribution >= 0.6 is 11.6 Å². The van der Waals surface area contributed by atoms with E-state index in [1.807, 2.05) is 19.9 Å². The van der Waals surface area contributed by atoms with E-state index in [0.717, 1.165) is 24.1 Å². The predicted octanol–water partition coefficient (Wildman–Crippen LogP) is 5.09. The number of rotatable bonds is 4. The molecule has 1 heterocycles. The van der Waals surface area contributed by atoms with E-state index < -0.39 is 22.7 Å². The number of fused-ring (bicyclic) bond motifs is 1. The van der Waals surface area contributed by atoms with E-state index >= 15 is 0 Å². The van der Waals surface area contributed by atoms with E-state index in [-0.39, 0.29) is 17.9 Å². The Kier molecular flexibility index (Phi) is 4.99. The summed E-state index contributed by atoms with van der Waals surface area (Å²) in [6.07, 6.45) is -3.89. The van der Waals surface area contributed by atoms with Crippen molar-refractivity contribution in [1.82, 2.24) is 0 Å². The Labute approximate surface area is 159 Å². The summed E-state index contributed by atoms with van der Waals surface area (Å²) in [4.78, 5) is 12.1. The van der Waals surface area contributed by atoms with Crippen molar-refractivity contribution in [3.63, 3.8) is 0 Å². The second-order valence-corrected chi connectivity index (χ2v) is 7.22. The molecule has 0 unspecified atom stereocenters. The molecule has 1 amide bonds. The van der Waals surface area contributed by atoms with Crippen LogP contribution < -0.4 is 14.8 Å². The number of carbonyl (C=O) groups excluding carboxylic acids is 1. The summed E-state index contributed by atoms with van der Waals surface area (Å²) in [7, 11) is 0. The first kappa shape index (κ1) is 19.4. The molecular weight excluding hydrogens is 383 g/mol. The van der Waals surface area contributed by atoms with Gasteiger partial charge in [0.05, 0.1) is 10.6 Å². The summed E-state index contributed by atoms with van der Waals surface area (Å²) < 4.78 is 50.0. The van der Waals surface area contributed by atoms with Crippen LogP contribution in [0.3, 0.4) is 0 Å². The van der Waals surface area contributed by atoms with Crippen LogP contribution in [0.25, 0.3) is 0 Å². The molecule has 0 aliphatic carbocycles. The number of alkyl halides is 3. The molecule has 1 aliphatic heterocycles. The number of carbonyl (C=O) groups is 1. The molecule has 0 aromatic heterocycles. The van der Waals surface area contributed by atoms with E-state index in [0.29, 0.717) is 11.5 Å². The van der Waals surface area contributed by atoms with Crippen LogP contribution in [0.2, 0.25) is 5.02 Å². The summed E-state index contributed by atoms with van der Waals surface area (Å²) in [5, 5.41) is 1.94. The maximum Gasteiger partial charge on any atom is 0.417 e. The molecule has 0 radical (unpaired) electrons. The summed E-state index contributed by atoms with van der Waals surface area (Å²) >= 11 is 5.56. The lowest BCUT2D eigenvalue weighted by Crippen LogP contribution is -2.25. The van der Waals surface area contributed by atoms with Gasteiger partial charge in [0.1, 0.15) is 5.60 Å². The fourth-order valence-corrected chi connectivity index (χ4v) is 3.09. The van der Waals surface area contributed by atoms with Gasteiger partial charge in [0.25, 0.3) is 5.91 Å². The van der Waals surface area contributed by atoms with Crippen molar-refractivity contribution in [2.45, 2.75) is 32.0 Å². The summed E-state index contributed by atoms with van der Waals surface area (Å²) in [5.41, 5.74) is -0.415. The molecule has 27 heavy (non-hydrogen) atoms. The minimum Gasteiger partial charge on any atom is -0.483 e. The van der Waals surface area contributed by atoms with Gasteiger partial charge in [-0.1, -0.05) is 23.7 Å². The maximum atomic E-state index is 12.9. The van der Waals surface area contributed by atoms with Gasteiger partial charge in [0.2, 0.25) is 0 Å². The predicted molar refractivity (Wildman–Crippen MR) is 95.4 cm³/mol. The number of ether oxygens (including phenoxy) is 2. The lowest BCUT2D eigenvalue weighted by atomic mass is 10.0. The fraction of sp³-hybridized carbons (Fsp3) is 0.316. The lowest BCUT2D eigenvalue weighted by Gasteiger charge is -2.18. The Hall–Kier alpha value is -2.41. The standard InChI is InChI=1S/C19H17ClF3NO3/c1-18(2)9-11-4-3-5-15(17(11)27-18)26-10-16(25)24-12-6-7-14(20)13(8-12)19(21,22)23/h3-8H,9-10H2,1-2H3,(H,24,25). The Morgan fingerprint density at radius 2 is 2.04 bits per heavy atom. The van der Waals surface area contributed by atoms with E-state index in [9.17, 15) is 18.0 Å². The number of halogens is 4. The molecular formula is C19H17ClF3NO3. The van der Waals surface area contributed by atoms with Gasteiger partial charge in [-0.3, -0.25) is 4.79 Å². The molecule has 0 spiro atoms. The normalized spacial score (nSPS) is 15.0. The van der Waals surface area contributed by atoms with Crippen molar-refractivity contribution >= 4 is 23.2 Å². The Morgan fingerprint density at radius 1 is 1.30 bits per heavy atom. The maximum absolute atomic E-state index is 12.9. The van der Waals surface area contributed by atoms with Crippen molar-refractivity contribution in [1.29, 1.82) is 0 Å². The highest BCUT2D eigenvalue weighted by Gasteiger charge is 2.34. The molecule has 8 heteroatoms. The van der Waals surface area contributed by atoms with Gasteiger partial charge in [-0.05, 0) is 38.1 Å². The minimum atomic E-state index is -4.61. The third kappa shape index (κ3) is 4.47. The SMILES string of the molecule is CC1(C)Cc2cccc(OCC(=O)Nc3ccc(Cl)c(C(F)(F)F)c3)c2O1. The van der Waals surface area contributed by atoms with E-state index in [1.165, 1.54) is 6.07 Å². The highest BCUT2D eigenvalue weighted by atomic mass is 35.5. The number of hydrogen-bond donors (Lipinski definition) is 1. The van der Waals surface area contributed by atoms with Gasteiger partial charge in [-0.15, -0.1) is 0 Å². The van der Waals surface area contributed by atoms with Crippen molar-refractivity contribution in [3.8, 4) is 11.5 Å². The quantitative estimate of drug-likeness (QED) is 0.779. The van der Waals surface area contributed by atoms with Crippen LogP contribution in [0, 0.1) is 0 Å². The summed E-state index contributed by atoms with van der Waals surface area (Å²) in [5.74, 6) is 0.404. The van der Waals surface area contributed by atoms with Crippen LogP contribution in [0.4, 0.5) is 18.9 Å². The topological polar surface area (TPSA) is 47.6 Å². The molecule has 0 saturated heterocycles. The molecule has 0 atom stereocenters. The molecule has 1 N–H and O–H groups in total. The molecule has 3 rings (SSSR count). The first-order valence-corrected chi connectivity index (χ1v) is 8.53. The highest BCUT2D eigenvalue weighted by Crippen LogP contribution is 2.41. The number of nitrogens with one attached hydrogen (secondary N) is 1. The number of para-hydroxylation sites is 1. The Morgan fingerprint density at radius 3 is 2.74 bits per heavy atom. The first-order valence-electron chi connectivity index (χ1n) is 8.15. The van der Waals surface area contributed by atoms with Gasteiger partial charge in [-0.25, -0.2) is 0 Å². The third-order valence-electron chi connectivity index (χ3n) is 3.97. The van der Waals surface area contributed by atoms with Crippen molar-refractivity contribution in [3.05, 3.63) is 52.5 Å². The number of amides is 1. The van der Waals surface area contributed by atoms with Crippen LogP contribution in [0.5, 0.6) is 11.5 Å². The molecule has 0 saturated carbocycles. The molecule has 0 bridgehead atoms. The number of anilines is 1. The second-order valence-electron chi connectivity index (χ2n) is 6.81. The van der Waals surface area contributed by atoms with Crippen molar-refractivity contribution < 1.29 is 27.4 Å². The molecule has 2 aromatic rings. The average molecular weight is 400 g/mol. The van der Waals surface area contributed by atoms with E-state index in [2.05, 4.69) is 5.32 Å². The Balaban J connectivity index is 1.66. The van der Waals surface area contributed by atoms with Gasteiger partial charge in [0, 0.05) is 17.7 Å². The highest BCUT2D eigenvalue weighted by molar-refractivity contribution is 6.31. The van der Waals surface area contributed by atoms with Gasteiger partial charge >= 0.3 is 6.18 Å². The molecule has 2 aromatic carbocycles. The summed E-state index contributed by atoms with van der Waals surface area (Å²) in [6, 6.07) is 8.56. The smallest absolute Gasteiger partial charge is 0.417 e. The monoisotopic (exact) mass is 399 g/mol. The van der Waals surface area contributed by atoms with Crippen molar-refractivity contribution in [2.24, 2.45) is 0 Å². The lowest BCUT2D eigenvalue weighted by molar-refractivity contribution is -0.137. The molecule has 0 fully saturated rings. The first-order chi connectivity index (χ1) is 12.5. The third-order valence-corrected chi connectivity index (χ3v) is 4.30. The van der Waals surface area contributed by atoms with Crippen LogP contribution in [-0.4, -0.2) is 18.1 Å². The van der Waals surface area contributed by atoms with E-state index in [4.69, 9.17) is 21.1 Å². The largest absolute Gasteiger partial charge is 0.483 e. The minimum absolute atomic E-state index is 0.0176. The van der Waals surface area contributed by atoms with Gasteiger partial charge < -0.3 is 14.8 Å². The van der Waals surface area contributed by atoms with Gasteiger partial charge in [-0.2, -0.15) is 13.2 Å². The zero-order valence-electron chi connectivity index (χ0n) is 14.6. The van der Waals surface area contributed by atoms with Crippen LogP contribution in [0.15, 0.2) is 36.4 Å². The number of benzene rings is 2. The Bertz CT molecular complexity index is 881. The van der Waals surface area contributed by atoms with Crippen LogP contribution in [-0.2, 0) is 17.4 Å². The molecule has 1 aliphatic rings. The van der Waals surface area contributed by atoms with E-state index in [1.54, 1.807) is 12.1 Å². The number of hydrogen-bond acceptors (Lipinski definition) is 3. The second kappa shape index (κ2) is 6.96. The molecule has 144 valence electrons. The zero-order valence-corrected chi connectivity index (χ0v) is 15.4. The van der Waals surface area contributed by atoms with Crippen molar-refractivity contribution in [2.75, 3.05) is 11.9 Å².